The molecule has 3 heteroatoms. The van der Waals surface area contributed by atoms with Crippen molar-refractivity contribution in [3.63, 3.8) is 0 Å². The molecule has 0 aliphatic heterocycles. The normalized spacial score (nSPS) is 12.4. The molecule has 0 fully saturated rings. The summed E-state index contributed by atoms with van der Waals surface area (Å²) < 4.78 is 0. The Balaban J connectivity index is 1.78. The van der Waals surface area contributed by atoms with Crippen LogP contribution in [0.1, 0.15) is 23.6 Å². The molecule has 1 N–H and O–H groups in total. The van der Waals surface area contributed by atoms with Crippen LogP contribution in [0.15, 0.2) is 61.1 Å². The number of fused-ring (bicyclic) bond motifs is 1. The molecule has 3 rings (SSSR count). The number of aryl methyl sites for hydroxylation is 1. The van der Waals surface area contributed by atoms with E-state index in [1.165, 1.54) is 16.5 Å². The lowest BCUT2D eigenvalue weighted by Gasteiger charge is -2.16. The third-order valence-corrected chi connectivity index (χ3v) is 3.81. The highest BCUT2D eigenvalue weighted by Crippen LogP contribution is 2.21. The fourth-order valence-electron chi connectivity index (χ4n) is 2.61. The molecule has 2 heterocycles. The van der Waals surface area contributed by atoms with Gasteiger partial charge in [-0.15, -0.1) is 0 Å². The second-order valence-electron chi connectivity index (χ2n) is 5.20. The van der Waals surface area contributed by atoms with Crippen molar-refractivity contribution in [1.29, 1.82) is 0 Å². The van der Waals surface area contributed by atoms with Crippen molar-refractivity contribution in [1.82, 2.24) is 15.3 Å². The SMILES string of the molecule is CNC(CCc1cccnc1)c1cnc2ccccc2c1. The van der Waals surface area contributed by atoms with E-state index in [0.717, 1.165) is 18.4 Å². The molecule has 21 heavy (non-hydrogen) atoms. The average Bonchev–Trinajstić information content (AvgIpc) is 2.56. The van der Waals surface area contributed by atoms with Crippen molar-refractivity contribution < 1.29 is 0 Å². The summed E-state index contributed by atoms with van der Waals surface area (Å²) in [6, 6.07) is 14.9. The van der Waals surface area contributed by atoms with Crippen LogP contribution in [-0.4, -0.2) is 17.0 Å². The molecule has 1 unspecified atom stereocenters. The highest BCUT2D eigenvalue weighted by Gasteiger charge is 2.10. The molecule has 0 amide bonds. The number of pyridine rings is 2. The van der Waals surface area contributed by atoms with Gasteiger partial charge in [-0.2, -0.15) is 0 Å². The maximum absolute atomic E-state index is 4.55. The van der Waals surface area contributed by atoms with Crippen molar-refractivity contribution >= 4 is 10.9 Å². The molecule has 1 aromatic carbocycles. The van der Waals surface area contributed by atoms with Crippen molar-refractivity contribution in [3.05, 3.63) is 72.2 Å². The summed E-state index contributed by atoms with van der Waals surface area (Å²) in [7, 11) is 2.00. The number of nitrogens with one attached hydrogen (secondary N) is 1. The molecule has 3 aromatic rings. The number of para-hydroxylation sites is 1. The highest BCUT2D eigenvalue weighted by atomic mass is 14.9. The Labute approximate surface area is 125 Å². The van der Waals surface area contributed by atoms with Crippen molar-refractivity contribution in [3.8, 4) is 0 Å². The smallest absolute Gasteiger partial charge is 0.0702 e. The number of aromatic nitrogens is 2. The van der Waals surface area contributed by atoms with Gasteiger partial charge in [-0.05, 0) is 49.2 Å². The molecule has 106 valence electrons. The molecule has 3 nitrogen and oxygen atoms in total. The largest absolute Gasteiger partial charge is 0.313 e. The number of benzene rings is 1. The van der Waals surface area contributed by atoms with Crippen LogP contribution in [0.3, 0.4) is 0 Å². The zero-order chi connectivity index (χ0) is 14.5. The van der Waals surface area contributed by atoms with E-state index in [1.54, 1.807) is 0 Å². The summed E-state index contributed by atoms with van der Waals surface area (Å²) in [6.07, 6.45) is 7.76. The van der Waals surface area contributed by atoms with Gasteiger partial charge >= 0.3 is 0 Å². The average molecular weight is 277 g/mol. The number of nitrogens with zero attached hydrogens (tertiary/aromatic N) is 2. The van der Waals surface area contributed by atoms with Crippen LogP contribution in [0, 0.1) is 0 Å². The first-order valence-corrected chi connectivity index (χ1v) is 7.27. The predicted molar refractivity (Wildman–Crippen MR) is 86.1 cm³/mol. The highest BCUT2D eigenvalue weighted by molar-refractivity contribution is 5.78. The molecule has 0 radical (unpaired) electrons. The molecular formula is C18H19N3. The Kier molecular flexibility index (Phi) is 4.22. The molecular weight excluding hydrogens is 258 g/mol. The molecule has 0 aliphatic rings. The third-order valence-electron chi connectivity index (χ3n) is 3.81. The Bertz CT molecular complexity index is 710. The molecule has 0 saturated heterocycles. The van der Waals surface area contributed by atoms with E-state index in [0.29, 0.717) is 6.04 Å². The van der Waals surface area contributed by atoms with Crippen LogP contribution in [0.4, 0.5) is 0 Å². The standard InChI is InChI=1S/C18H19N3/c1-19-17(9-8-14-5-4-10-20-12-14)16-11-15-6-2-3-7-18(15)21-13-16/h2-7,10-13,17,19H,8-9H2,1H3. The van der Waals surface area contributed by atoms with E-state index in [-0.39, 0.29) is 0 Å². The molecule has 0 aliphatic carbocycles. The van der Waals surface area contributed by atoms with E-state index in [4.69, 9.17) is 0 Å². The predicted octanol–water partition coefficient (Wildman–Crippen LogP) is 3.52. The van der Waals surface area contributed by atoms with E-state index >= 15 is 0 Å². The first kappa shape index (κ1) is 13.7. The van der Waals surface area contributed by atoms with Crippen LogP contribution in [-0.2, 0) is 6.42 Å². The van der Waals surface area contributed by atoms with Gasteiger partial charge in [0.25, 0.3) is 0 Å². The third kappa shape index (κ3) is 3.26. The minimum Gasteiger partial charge on any atom is -0.313 e. The summed E-state index contributed by atoms with van der Waals surface area (Å²) in [4.78, 5) is 8.72. The Morgan fingerprint density at radius 1 is 1.10 bits per heavy atom. The Morgan fingerprint density at radius 2 is 2.00 bits per heavy atom. The van der Waals surface area contributed by atoms with E-state index in [1.807, 2.05) is 43.8 Å². The second-order valence-corrected chi connectivity index (χ2v) is 5.20. The Morgan fingerprint density at radius 3 is 2.81 bits per heavy atom. The number of hydrogen-bond donors (Lipinski definition) is 1. The fourth-order valence-corrected chi connectivity index (χ4v) is 2.61. The van der Waals surface area contributed by atoms with E-state index in [9.17, 15) is 0 Å². The summed E-state index contributed by atoms with van der Waals surface area (Å²) in [5.41, 5.74) is 3.55. The van der Waals surface area contributed by atoms with E-state index in [2.05, 4.69) is 39.6 Å². The van der Waals surface area contributed by atoms with Crippen LogP contribution in [0.5, 0.6) is 0 Å². The number of rotatable bonds is 5. The number of hydrogen-bond acceptors (Lipinski definition) is 3. The van der Waals surface area contributed by atoms with Crippen molar-refractivity contribution in [2.75, 3.05) is 7.05 Å². The fraction of sp³-hybridized carbons (Fsp3) is 0.222. The minimum absolute atomic E-state index is 0.308. The van der Waals surface area contributed by atoms with Crippen LogP contribution < -0.4 is 5.32 Å². The van der Waals surface area contributed by atoms with Gasteiger partial charge < -0.3 is 5.32 Å². The first-order valence-electron chi connectivity index (χ1n) is 7.27. The molecule has 0 spiro atoms. The molecule has 0 saturated carbocycles. The summed E-state index contributed by atoms with van der Waals surface area (Å²) in [6.45, 7) is 0. The zero-order valence-electron chi connectivity index (χ0n) is 12.2. The monoisotopic (exact) mass is 277 g/mol. The lowest BCUT2D eigenvalue weighted by molar-refractivity contribution is 0.548. The lowest BCUT2D eigenvalue weighted by Crippen LogP contribution is -2.17. The quantitative estimate of drug-likeness (QED) is 0.775. The van der Waals surface area contributed by atoms with Gasteiger partial charge in [-0.25, -0.2) is 0 Å². The topological polar surface area (TPSA) is 37.8 Å². The van der Waals surface area contributed by atoms with Crippen molar-refractivity contribution in [2.24, 2.45) is 0 Å². The van der Waals surface area contributed by atoms with E-state index < -0.39 is 0 Å². The van der Waals surface area contributed by atoms with Crippen LogP contribution in [0.25, 0.3) is 10.9 Å². The van der Waals surface area contributed by atoms with Crippen LogP contribution in [0.2, 0.25) is 0 Å². The van der Waals surface area contributed by atoms with Gasteiger partial charge in [0.1, 0.15) is 0 Å². The first-order chi connectivity index (χ1) is 10.4. The van der Waals surface area contributed by atoms with Gasteiger partial charge in [-0.1, -0.05) is 24.3 Å². The second kappa shape index (κ2) is 6.46. The summed E-state index contributed by atoms with van der Waals surface area (Å²) in [5.74, 6) is 0. The summed E-state index contributed by atoms with van der Waals surface area (Å²) >= 11 is 0. The van der Waals surface area contributed by atoms with Crippen LogP contribution >= 0.6 is 0 Å². The summed E-state index contributed by atoms with van der Waals surface area (Å²) in [5, 5.41) is 4.58. The molecule has 2 aromatic heterocycles. The van der Waals surface area contributed by atoms with Gasteiger partial charge in [0, 0.05) is 30.0 Å². The van der Waals surface area contributed by atoms with Gasteiger partial charge in [0.2, 0.25) is 0 Å². The van der Waals surface area contributed by atoms with Gasteiger partial charge in [0.15, 0.2) is 0 Å². The molecule has 0 bridgehead atoms. The lowest BCUT2D eigenvalue weighted by atomic mass is 10.00. The minimum atomic E-state index is 0.308. The maximum Gasteiger partial charge on any atom is 0.0702 e. The zero-order valence-corrected chi connectivity index (χ0v) is 12.2. The van der Waals surface area contributed by atoms with Gasteiger partial charge in [0.05, 0.1) is 5.52 Å². The van der Waals surface area contributed by atoms with Crippen molar-refractivity contribution in [2.45, 2.75) is 18.9 Å². The Hall–Kier alpha value is -2.26. The van der Waals surface area contributed by atoms with Gasteiger partial charge in [-0.3, -0.25) is 9.97 Å². The maximum atomic E-state index is 4.55. The molecule has 1 atom stereocenters.